The summed E-state index contributed by atoms with van der Waals surface area (Å²) in [5.41, 5.74) is -0.181. The summed E-state index contributed by atoms with van der Waals surface area (Å²) in [6, 6.07) is 5.31. The van der Waals surface area contributed by atoms with Gasteiger partial charge in [0.2, 0.25) is 5.91 Å². The number of ether oxygens (including phenoxy) is 3. The van der Waals surface area contributed by atoms with E-state index in [4.69, 9.17) is 14.2 Å². The van der Waals surface area contributed by atoms with E-state index >= 15 is 0 Å². The normalized spacial score (nSPS) is 22.4. The van der Waals surface area contributed by atoms with E-state index in [0.29, 0.717) is 37.2 Å². The lowest BCUT2D eigenvalue weighted by Crippen LogP contribution is -2.46. The maximum Gasteiger partial charge on any atom is 0.308 e. The van der Waals surface area contributed by atoms with Crippen molar-refractivity contribution in [3.63, 3.8) is 0 Å². The van der Waals surface area contributed by atoms with Crippen LogP contribution < -0.4 is 14.8 Å². The van der Waals surface area contributed by atoms with E-state index in [1.54, 1.807) is 32.4 Å². The second-order valence-electron chi connectivity index (χ2n) is 6.66. The molecule has 144 valence electrons. The average molecular weight is 365 g/mol. The third-order valence-corrected chi connectivity index (χ3v) is 4.88. The summed E-state index contributed by atoms with van der Waals surface area (Å²) in [5, 5.41) is 13.4. The first-order valence-corrected chi connectivity index (χ1v) is 8.68. The number of methoxy groups -OCH3 is 3. The molecule has 0 spiro atoms. The Morgan fingerprint density at radius 1 is 1.15 bits per heavy atom. The highest BCUT2D eigenvalue weighted by Crippen LogP contribution is 2.32. The molecule has 1 aromatic rings. The molecular formula is C19H27NO6. The van der Waals surface area contributed by atoms with E-state index in [0.717, 1.165) is 5.56 Å². The maximum absolute atomic E-state index is 12.2. The predicted molar refractivity (Wildman–Crippen MR) is 95.2 cm³/mol. The van der Waals surface area contributed by atoms with Crippen molar-refractivity contribution >= 4 is 11.9 Å². The van der Waals surface area contributed by atoms with Gasteiger partial charge in [-0.25, -0.2) is 0 Å². The van der Waals surface area contributed by atoms with Gasteiger partial charge in [-0.2, -0.15) is 0 Å². The van der Waals surface area contributed by atoms with Gasteiger partial charge in [-0.3, -0.25) is 9.59 Å². The van der Waals surface area contributed by atoms with Crippen LogP contribution in [-0.2, 0) is 20.7 Å². The molecule has 1 aliphatic carbocycles. The number of rotatable bonds is 7. The van der Waals surface area contributed by atoms with Crippen molar-refractivity contribution in [3.8, 4) is 11.5 Å². The number of esters is 1. The van der Waals surface area contributed by atoms with Gasteiger partial charge in [0.25, 0.3) is 0 Å². The van der Waals surface area contributed by atoms with Crippen LogP contribution in [0.25, 0.3) is 0 Å². The molecule has 7 nitrogen and oxygen atoms in total. The van der Waals surface area contributed by atoms with Gasteiger partial charge < -0.3 is 24.6 Å². The van der Waals surface area contributed by atoms with Crippen LogP contribution in [0.3, 0.4) is 0 Å². The molecule has 0 radical (unpaired) electrons. The SMILES string of the molecule is COC(=O)C1CCC(O)(CNC(=O)Cc2ccc(OC)c(OC)c2)CC1. The lowest BCUT2D eigenvalue weighted by Gasteiger charge is -2.35. The summed E-state index contributed by atoms with van der Waals surface area (Å²) in [5.74, 6) is 0.596. The van der Waals surface area contributed by atoms with Gasteiger partial charge in [0.1, 0.15) is 0 Å². The highest BCUT2D eigenvalue weighted by Gasteiger charge is 2.36. The Bertz CT molecular complexity index is 637. The zero-order valence-electron chi connectivity index (χ0n) is 15.5. The van der Waals surface area contributed by atoms with Crippen LogP contribution in [0.15, 0.2) is 18.2 Å². The second-order valence-corrected chi connectivity index (χ2v) is 6.66. The third-order valence-electron chi connectivity index (χ3n) is 4.88. The molecule has 0 heterocycles. The van der Waals surface area contributed by atoms with Crippen LogP contribution in [0.4, 0.5) is 0 Å². The first-order chi connectivity index (χ1) is 12.4. The molecule has 0 bridgehead atoms. The number of carbonyl (C=O) groups is 2. The number of benzene rings is 1. The van der Waals surface area contributed by atoms with Crippen molar-refractivity contribution in [1.82, 2.24) is 5.32 Å². The van der Waals surface area contributed by atoms with Crippen molar-refractivity contribution < 1.29 is 28.9 Å². The lowest BCUT2D eigenvalue weighted by molar-refractivity contribution is -0.148. The summed E-state index contributed by atoms with van der Waals surface area (Å²) in [4.78, 5) is 23.8. The third kappa shape index (κ3) is 5.11. The van der Waals surface area contributed by atoms with Gasteiger partial charge in [0.15, 0.2) is 11.5 Å². The number of hydrogen-bond donors (Lipinski definition) is 2. The Balaban J connectivity index is 1.84. The summed E-state index contributed by atoms with van der Waals surface area (Å²) < 4.78 is 15.2. The molecule has 1 fully saturated rings. The fraction of sp³-hybridized carbons (Fsp3) is 0.579. The van der Waals surface area contributed by atoms with E-state index in [1.807, 2.05) is 0 Å². The number of carbonyl (C=O) groups excluding carboxylic acids is 2. The molecule has 26 heavy (non-hydrogen) atoms. The van der Waals surface area contributed by atoms with E-state index in [2.05, 4.69) is 5.32 Å². The molecular weight excluding hydrogens is 338 g/mol. The minimum absolute atomic E-state index is 0.164. The van der Waals surface area contributed by atoms with E-state index in [9.17, 15) is 14.7 Å². The van der Waals surface area contributed by atoms with E-state index < -0.39 is 5.60 Å². The van der Waals surface area contributed by atoms with Crippen LogP contribution in [-0.4, -0.2) is 50.5 Å². The zero-order chi connectivity index (χ0) is 19.2. The number of aliphatic hydroxyl groups is 1. The average Bonchev–Trinajstić information content (AvgIpc) is 2.66. The molecule has 0 aliphatic heterocycles. The molecule has 0 aromatic heterocycles. The maximum atomic E-state index is 12.2. The van der Waals surface area contributed by atoms with Crippen LogP contribution in [0.1, 0.15) is 31.2 Å². The zero-order valence-corrected chi connectivity index (χ0v) is 15.5. The van der Waals surface area contributed by atoms with Crippen LogP contribution in [0, 0.1) is 5.92 Å². The molecule has 1 amide bonds. The Kier molecular flexibility index (Phi) is 6.85. The van der Waals surface area contributed by atoms with Crippen molar-refractivity contribution in [2.24, 2.45) is 5.92 Å². The first kappa shape index (κ1) is 20.0. The topological polar surface area (TPSA) is 94.1 Å². The van der Waals surface area contributed by atoms with Crippen molar-refractivity contribution in [1.29, 1.82) is 0 Å². The number of nitrogens with one attached hydrogen (secondary N) is 1. The highest BCUT2D eigenvalue weighted by molar-refractivity contribution is 5.79. The fourth-order valence-corrected chi connectivity index (χ4v) is 3.24. The Hall–Kier alpha value is -2.28. The molecule has 0 unspecified atom stereocenters. The molecule has 0 atom stereocenters. The Morgan fingerprint density at radius 3 is 2.38 bits per heavy atom. The van der Waals surface area contributed by atoms with Gasteiger partial charge in [-0.05, 0) is 43.4 Å². The largest absolute Gasteiger partial charge is 0.493 e. The lowest BCUT2D eigenvalue weighted by atomic mass is 9.78. The summed E-state index contributed by atoms with van der Waals surface area (Å²) in [6.45, 7) is 0.174. The Labute approximate surface area is 153 Å². The van der Waals surface area contributed by atoms with Crippen molar-refractivity contribution in [2.45, 2.75) is 37.7 Å². The smallest absolute Gasteiger partial charge is 0.308 e. The van der Waals surface area contributed by atoms with E-state index in [1.165, 1.54) is 7.11 Å². The molecule has 1 saturated carbocycles. The Morgan fingerprint density at radius 2 is 1.81 bits per heavy atom. The molecule has 2 N–H and O–H groups in total. The summed E-state index contributed by atoms with van der Waals surface area (Å²) in [7, 11) is 4.47. The van der Waals surface area contributed by atoms with Crippen LogP contribution in [0.2, 0.25) is 0 Å². The monoisotopic (exact) mass is 365 g/mol. The fourth-order valence-electron chi connectivity index (χ4n) is 3.24. The number of hydrogen-bond acceptors (Lipinski definition) is 6. The van der Waals surface area contributed by atoms with Gasteiger partial charge >= 0.3 is 5.97 Å². The van der Waals surface area contributed by atoms with Gasteiger partial charge in [-0.15, -0.1) is 0 Å². The van der Waals surface area contributed by atoms with E-state index in [-0.39, 0.29) is 30.8 Å². The van der Waals surface area contributed by atoms with Crippen LogP contribution >= 0.6 is 0 Å². The summed E-state index contributed by atoms with van der Waals surface area (Å²) >= 11 is 0. The van der Waals surface area contributed by atoms with Crippen LogP contribution in [0.5, 0.6) is 11.5 Å². The quantitative estimate of drug-likeness (QED) is 0.711. The van der Waals surface area contributed by atoms with Crippen molar-refractivity contribution in [3.05, 3.63) is 23.8 Å². The van der Waals surface area contributed by atoms with Gasteiger partial charge in [-0.1, -0.05) is 6.07 Å². The molecule has 7 heteroatoms. The minimum Gasteiger partial charge on any atom is -0.493 e. The predicted octanol–water partition coefficient (Wildman–Crippen LogP) is 1.46. The molecule has 1 aromatic carbocycles. The standard InChI is InChI=1S/C19H27NO6/c1-24-15-5-4-13(10-16(15)25-2)11-17(21)20-12-19(23)8-6-14(7-9-19)18(22)26-3/h4-5,10,14,23H,6-9,11-12H2,1-3H3,(H,20,21). The molecule has 1 aliphatic rings. The van der Waals surface area contributed by atoms with Crippen molar-refractivity contribution in [2.75, 3.05) is 27.9 Å². The number of amides is 1. The van der Waals surface area contributed by atoms with Gasteiger partial charge in [0.05, 0.1) is 39.3 Å². The minimum atomic E-state index is -0.974. The first-order valence-electron chi connectivity index (χ1n) is 8.68. The van der Waals surface area contributed by atoms with Gasteiger partial charge in [0, 0.05) is 6.54 Å². The summed E-state index contributed by atoms with van der Waals surface area (Å²) in [6.07, 6.45) is 2.23. The highest BCUT2D eigenvalue weighted by atomic mass is 16.5. The second kappa shape index (κ2) is 8.89. The molecule has 0 saturated heterocycles. The molecule has 2 rings (SSSR count).